The second-order valence-corrected chi connectivity index (χ2v) is 7.78. The van der Waals surface area contributed by atoms with Crippen LogP contribution in [0.25, 0.3) is 10.4 Å². The molecule has 0 atom stereocenters. The van der Waals surface area contributed by atoms with Crippen LogP contribution >= 0.6 is 11.3 Å². The molecule has 5 heteroatoms. The Hall–Kier alpha value is -1.85. The largest absolute Gasteiger partial charge is 0.492 e. The molecule has 2 aromatic rings. The van der Waals surface area contributed by atoms with E-state index < -0.39 is 0 Å². The number of hydrogen-bond acceptors (Lipinski definition) is 4. The summed E-state index contributed by atoms with van der Waals surface area (Å²) in [5, 5.41) is 3.22. The molecule has 4 nitrogen and oxygen atoms in total. The van der Waals surface area contributed by atoms with Gasteiger partial charge in [0, 0.05) is 18.0 Å². The van der Waals surface area contributed by atoms with E-state index in [1.54, 1.807) is 11.3 Å². The topological polar surface area (TPSA) is 41.6 Å². The van der Waals surface area contributed by atoms with Crippen LogP contribution < -0.4 is 10.1 Å². The average molecular weight is 373 g/mol. The third-order valence-electron chi connectivity index (χ3n) is 4.95. The number of piperidine rings is 1. The highest BCUT2D eigenvalue weighted by Crippen LogP contribution is 2.37. The zero-order chi connectivity index (χ0) is 18.4. The molecular weight excluding hydrogens is 344 g/mol. The zero-order valence-corrected chi connectivity index (χ0v) is 16.5. The fraction of sp³-hybridized carbons (Fsp3) is 0.476. The number of hydrogen-bond donors (Lipinski definition) is 1. The van der Waals surface area contributed by atoms with Gasteiger partial charge in [0.25, 0.3) is 5.91 Å². The van der Waals surface area contributed by atoms with Gasteiger partial charge in [0.1, 0.15) is 10.6 Å². The second-order valence-electron chi connectivity index (χ2n) is 6.73. The van der Waals surface area contributed by atoms with Crippen molar-refractivity contribution in [3.8, 4) is 16.2 Å². The van der Waals surface area contributed by atoms with Crippen LogP contribution in [0.1, 0.15) is 35.9 Å². The molecule has 1 aromatic carbocycles. The van der Waals surface area contributed by atoms with Crippen LogP contribution in [-0.2, 0) is 0 Å². The molecule has 3 rings (SSSR count). The molecule has 1 N–H and O–H groups in total. The lowest BCUT2D eigenvalue weighted by Crippen LogP contribution is -2.38. The van der Waals surface area contributed by atoms with Crippen molar-refractivity contribution in [2.24, 2.45) is 5.92 Å². The number of nitrogens with zero attached hydrogens (tertiary/aromatic N) is 1. The Bertz CT molecular complexity index is 706. The van der Waals surface area contributed by atoms with Crippen molar-refractivity contribution in [3.05, 3.63) is 41.3 Å². The Balaban J connectivity index is 1.73. The van der Waals surface area contributed by atoms with Crippen molar-refractivity contribution >= 4 is 17.2 Å². The second kappa shape index (κ2) is 9.19. The van der Waals surface area contributed by atoms with Crippen molar-refractivity contribution in [2.45, 2.75) is 26.2 Å². The van der Waals surface area contributed by atoms with E-state index in [1.165, 1.54) is 6.42 Å². The van der Waals surface area contributed by atoms with Gasteiger partial charge in [0.05, 0.1) is 6.61 Å². The lowest BCUT2D eigenvalue weighted by molar-refractivity contribution is 0.0688. The molecule has 0 radical (unpaired) electrons. The molecule has 140 valence electrons. The van der Waals surface area contributed by atoms with Gasteiger partial charge < -0.3 is 15.0 Å². The van der Waals surface area contributed by atoms with Crippen LogP contribution in [0.2, 0.25) is 0 Å². The summed E-state index contributed by atoms with van der Waals surface area (Å²) < 4.78 is 5.78. The van der Waals surface area contributed by atoms with Crippen LogP contribution in [0, 0.1) is 5.92 Å². The first-order valence-corrected chi connectivity index (χ1v) is 10.3. The molecule has 0 spiro atoms. The average Bonchev–Trinajstić information content (AvgIpc) is 3.11. The Morgan fingerprint density at radius 2 is 2.00 bits per heavy atom. The first-order valence-electron chi connectivity index (χ1n) is 9.48. The molecule has 0 aliphatic carbocycles. The summed E-state index contributed by atoms with van der Waals surface area (Å²) in [6, 6.07) is 12.2. The fourth-order valence-electron chi connectivity index (χ4n) is 3.45. The summed E-state index contributed by atoms with van der Waals surface area (Å²) in [6.07, 6.45) is 3.38. The van der Waals surface area contributed by atoms with Gasteiger partial charge in [0.15, 0.2) is 0 Å². The molecule has 1 aliphatic heterocycles. The normalized spacial score (nSPS) is 15.2. The molecule has 1 fully saturated rings. The van der Waals surface area contributed by atoms with Gasteiger partial charge in [-0.2, -0.15) is 0 Å². The van der Waals surface area contributed by atoms with Crippen molar-refractivity contribution < 1.29 is 9.53 Å². The van der Waals surface area contributed by atoms with E-state index in [0.29, 0.717) is 6.61 Å². The maximum atomic E-state index is 13.1. The maximum absolute atomic E-state index is 13.1. The number of likely N-dealkylation sites (tertiary alicyclic amines) is 1. The maximum Gasteiger partial charge on any atom is 0.267 e. The molecule has 26 heavy (non-hydrogen) atoms. The summed E-state index contributed by atoms with van der Waals surface area (Å²) in [6.45, 7) is 5.27. The van der Waals surface area contributed by atoms with Crippen LogP contribution in [-0.4, -0.2) is 44.1 Å². The van der Waals surface area contributed by atoms with Crippen molar-refractivity contribution in [1.82, 2.24) is 10.2 Å². The third kappa shape index (κ3) is 4.46. The summed E-state index contributed by atoms with van der Waals surface area (Å²) in [5.41, 5.74) is 1.13. The summed E-state index contributed by atoms with van der Waals surface area (Å²) in [4.78, 5) is 16.9. The molecule has 0 bridgehead atoms. The van der Waals surface area contributed by atoms with E-state index in [2.05, 4.69) is 17.4 Å². The van der Waals surface area contributed by atoms with Crippen LogP contribution in [0.15, 0.2) is 36.4 Å². The summed E-state index contributed by atoms with van der Waals surface area (Å²) in [7, 11) is 2.00. The number of amides is 1. The highest BCUT2D eigenvalue weighted by molar-refractivity contribution is 7.17. The van der Waals surface area contributed by atoms with Gasteiger partial charge >= 0.3 is 0 Å². The van der Waals surface area contributed by atoms with Crippen LogP contribution in [0.4, 0.5) is 0 Å². The number of thiophene rings is 1. The Kier molecular flexibility index (Phi) is 6.69. The van der Waals surface area contributed by atoms with E-state index in [9.17, 15) is 4.79 Å². The molecule has 1 amide bonds. The van der Waals surface area contributed by atoms with Crippen molar-refractivity contribution in [1.29, 1.82) is 0 Å². The predicted molar refractivity (Wildman–Crippen MR) is 108 cm³/mol. The minimum atomic E-state index is 0.118. The molecule has 2 heterocycles. The van der Waals surface area contributed by atoms with E-state index in [1.807, 2.05) is 43.1 Å². The molecule has 1 aromatic heterocycles. The minimum absolute atomic E-state index is 0.118. The van der Waals surface area contributed by atoms with Gasteiger partial charge in [-0.05, 0) is 57.3 Å². The van der Waals surface area contributed by atoms with Crippen molar-refractivity contribution in [3.63, 3.8) is 0 Å². The Morgan fingerprint density at radius 1 is 1.27 bits per heavy atom. The van der Waals surface area contributed by atoms with E-state index >= 15 is 0 Å². The smallest absolute Gasteiger partial charge is 0.267 e. The first kappa shape index (κ1) is 18.9. The van der Waals surface area contributed by atoms with Crippen LogP contribution in [0.5, 0.6) is 5.75 Å². The molecule has 0 unspecified atom stereocenters. The minimum Gasteiger partial charge on any atom is -0.492 e. The summed E-state index contributed by atoms with van der Waals surface area (Å²) in [5.74, 6) is 1.56. The standard InChI is InChI=1S/C21H28N2O2S/c1-3-25-18-15-19(17-7-5-4-6-8-17)26-20(18)21(24)23-13-10-16(11-14-23)9-12-22-2/h4-8,15-16,22H,3,9-14H2,1-2H3. The van der Waals surface area contributed by atoms with E-state index in [-0.39, 0.29) is 5.91 Å². The van der Waals surface area contributed by atoms with Gasteiger partial charge in [-0.1, -0.05) is 30.3 Å². The van der Waals surface area contributed by atoms with E-state index in [4.69, 9.17) is 4.74 Å². The molecule has 1 saturated heterocycles. The van der Waals surface area contributed by atoms with Gasteiger partial charge in [-0.15, -0.1) is 11.3 Å². The van der Waals surface area contributed by atoms with Crippen LogP contribution in [0.3, 0.4) is 0 Å². The highest BCUT2D eigenvalue weighted by atomic mass is 32.1. The number of nitrogens with one attached hydrogen (secondary N) is 1. The monoisotopic (exact) mass is 372 g/mol. The highest BCUT2D eigenvalue weighted by Gasteiger charge is 2.27. The number of carbonyl (C=O) groups is 1. The number of carbonyl (C=O) groups excluding carboxylic acids is 1. The quantitative estimate of drug-likeness (QED) is 0.789. The predicted octanol–water partition coefficient (Wildman–Crippen LogP) is 4.28. The molecular formula is C21H28N2O2S. The summed E-state index contributed by atoms with van der Waals surface area (Å²) >= 11 is 1.54. The Morgan fingerprint density at radius 3 is 2.65 bits per heavy atom. The zero-order valence-electron chi connectivity index (χ0n) is 15.7. The SMILES string of the molecule is CCOc1cc(-c2ccccc2)sc1C(=O)N1CCC(CCNC)CC1. The third-order valence-corrected chi connectivity index (χ3v) is 6.11. The molecule has 1 aliphatic rings. The van der Waals surface area contributed by atoms with E-state index in [0.717, 1.165) is 59.5 Å². The molecule has 0 saturated carbocycles. The number of ether oxygens (including phenoxy) is 1. The number of rotatable bonds is 7. The lowest BCUT2D eigenvalue weighted by atomic mass is 9.93. The van der Waals surface area contributed by atoms with Gasteiger partial charge in [-0.25, -0.2) is 0 Å². The fourth-order valence-corrected chi connectivity index (χ4v) is 4.52. The van der Waals surface area contributed by atoms with Crippen molar-refractivity contribution in [2.75, 3.05) is 33.3 Å². The first-order chi connectivity index (χ1) is 12.7. The van der Waals surface area contributed by atoms with Gasteiger partial charge in [0.2, 0.25) is 0 Å². The number of benzene rings is 1. The Labute approximate surface area is 160 Å². The van der Waals surface area contributed by atoms with Gasteiger partial charge in [-0.3, -0.25) is 4.79 Å². The lowest BCUT2D eigenvalue weighted by Gasteiger charge is -2.32.